The minimum Gasteiger partial charge on any atom is -0.232 e. The van der Waals surface area contributed by atoms with Crippen molar-refractivity contribution >= 4 is 35.8 Å². The van der Waals surface area contributed by atoms with E-state index < -0.39 is 30.1 Å². The maximum atomic E-state index is 11.6. The van der Waals surface area contributed by atoms with Crippen LogP contribution in [0.1, 0.15) is 6.42 Å². The summed E-state index contributed by atoms with van der Waals surface area (Å²) in [7, 11) is -6.79. The fraction of sp³-hybridized carbons (Fsp3) is 0.571. The van der Waals surface area contributed by atoms with Gasteiger partial charge in [-0.15, -0.1) is 0 Å². The topological polar surface area (TPSA) is 80.6 Å². The van der Waals surface area contributed by atoms with Gasteiger partial charge in [-0.1, -0.05) is 0 Å². The molecule has 0 aromatic carbocycles. The second-order valence-corrected chi connectivity index (χ2v) is 8.19. The summed E-state index contributed by atoms with van der Waals surface area (Å²) in [4.78, 5) is 3.54. The number of nitrogens with zero attached hydrogens (tertiary/aromatic N) is 1. The maximum absolute atomic E-state index is 11.6. The summed E-state index contributed by atoms with van der Waals surface area (Å²) >= 11 is 5.41. The lowest BCUT2D eigenvalue weighted by Gasteiger charge is -2.07. The lowest BCUT2D eigenvalue weighted by molar-refractivity contribution is 0.599. The molecule has 0 radical (unpaired) electrons. The van der Waals surface area contributed by atoms with Crippen molar-refractivity contribution in [2.75, 3.05) is 11.5 Å². The van der Waals surface area contributed by atoms with Crippen molar-refractivity contribution in [3.63, 3.8) is 0 Å². The highest BCUT2D eigenvalue weighted by molar-refractivity contribution is 8.13. The average Bonchev–Trinajstić information content (AvgIpc) is 2.56. The van der Waals surface area contributed by atoms with Crippen LogP contribution in [-0.2, 0) is 19.7 Å². The quantitative estimate of drug-likeness (QED) is 0.685. The van der Waals surface area contributed by atoms with Gasteiger partial charge in [-0.05, 0) is 18.0 Å². The van der Waals surface area contributed by atoms with E-state index in [1.165, 1.54) is 0 Å². The number of hydrogen-bond acceptors (Lipinski definition) is 5. The van der Waals surface area contributed by atoms with Crippen molar-refractivity contribution < 1.29 is 16.8 Å². The molecule has 84 valence electrons. The number of allylic oxidation sites excluding steroid dienone is 1. The molecule has 0 aromatic rings. The number of aliphatic imine (C=N–C) groups is 1. The second kappa shape index (κ2) is 3.29. The molecule has 1 fully saturated rings. The van der Waals surface area contributed by atoms with Crippen LogP contribution in [0.25, 0.3) is 0 Å². The van der Waals surface area contributed by atoms with Crippen LogP contribution in [0.15, 0.2) is 16.1 Å². The molecule has 1 unspecified atom stereocenters. The lowest BCUT2D eigenvalue weighted by atomic mass is 10.1. The van der Waals surface area contributed by atoms with Crippen molar-refractivity contribution in [3.05, 3.63) is 11.1 Å². The predicted octanol–water partition coefficient (Wildman–Crippen LogP) is 0.286. The van der Waals surface area contributed by atoms with Crippen molar-refractivity contribution in [2.45, 2.75) is 6.42 Å². The Morgan fingerprint density at radius 2 is 2.00 bits per heavy atom. The van der Waals surface area contributed by atoms with Crippen LogP contribution in [-0.4, -0.2) is 32.8 Å². The van der Waals surface area contributed by atoms with Gasteiger partial charge in [-0.25, -0.2) is 21.8 Å². The van der Waals surface area contributed by atoms with Gasteiger partial charge in [0.25, 0.3) is 0 Å². The first-order chi connectivity index (χ1) is 6.83. The van der Waals surface area contributed by atoms with Gasteiger partial charge in [0, 0.05) is 12.1 Å². The SMILES string of the molecule is O=S1(=O)CCC(C2=CN=C(Cl)S2(=O)=O)C1. The highest BCUT2D eigenvalue weighted by Crippen LogP contribution is 2.33. The molecule has 15 heavy (non-hydrogen) atoms. The van der Waals surface area contributed by atoms with E-state index in [-0.39, 0.29) is 16.4 Å². The fourth-order valence-electron chi connectivity index (χ4n) is 1.69. The van der Waals surface area contributed by atoms with Gasteiger partial charge in [0.05, 0.1) is 16.4 Å². The summed E-state index contributed by atoms with van der Waals surface area (Å²) in [5.74, 6) is -0.583. The van der Waals surface area contributed by atoms with Crippen LogP contribution in [0.5, 0.6) is 0 Å². The molecule has 0 spiro atoms. The fourth-order valence-corrected chi connectivity index (χ4v) is 5.10. The van der Waals surface area contributed by atoms with Gasteiger partial charge < -0.3 is 0 Å². The van der Waals surface area contributed by atoms with E-state index >= 15 is 0 Å². The summed E-state index contributed by atoms with van der Waals surface area (Å²) in [5.41, 5.74) is 0. The molecule has 5 nitrogen and oxygen atoms in total. The second-order valence-electron chi connectivity index (χ2n) is 3.52. The third-order valence-electron chi connectivity index (χ3n) is 2.46. The standard InChI is InChI=1S/C7H8ClNO4S2/c8-7-9-3-6(15(7,12)13)5-1-2-14(10,11)4-5/h3,5H,1-2,4H2. The highest BCUT2D eigenvalue weighted by Gasteiger charge is 2.39. The molecule has 8 heteroatoms. The first-order valence-corrected chi connectivity index (χ1v) is 7.90. The summed E-state index contributed by atoms with van der Waals surface area (Å²) in [6.45, 7) is 0. The Morgan fingerprint density at radius 1 is 1.33 bits per heavy atom. The maximum Gasteiger partial charge on any atom is 0.232 e. The van der Waals surface area contributed by atoms with Gasteiger partial charge in [0.2, 0.25) is 14.3 Å². The molecule has 2 heterocycles. The van der Waals surface area contributed by atoms with Crippen LogP contribution >= 0.6 is 11.6 Å². The Hall–Kier alpha value is -0.400. The molecule has 0 saturated carbocycles. The summed E-state index contributed by atoms with van der Waals surface area (Å²) in [6.07, 6.45) is 1.48. The first-order valence-electron chi connectivity index (χ1n) is 4.22. The van der Waals surface area contributed by atoms with E-state index in [2.05, 4.69) is 4.99 Å². The molecule has 1 atom stereocenters. The van der Waals surface area contributed by atoms with E-state index in [0.717, 1.165) is 6.20 Å². The van der Waals surface area contributed by atoms with Crippen LogP contribution < -0.4 is 0 Å². The van der Waals surface area contributed by atoms with E-state index in [9.17, 15) is 16.8 Å². The molecule has 0 bridgehead atoms. The molecule has 2 rings (SSSR count). The molecule has 0 amide bonds. The van der Waals surface area contributed by atoms with Crippen molar-refractivity contribution in [1.82, 2.24) is 0 Å². The Kier molecular flexibility index (Phi) is 2.44. The normalized spacial score (nSPS) is 32.5. The van der Waals surface area contributed by atoms with Gasteiger partial charge in [-0.3, -0.25) is 0 Å². The molecular weight excluding hydrogens is 262 g/mol. The van der Waals surface area contributed by atoms with Gasteiger partial charge in [0.1, 0.15) is 0 Å². The summed E-state index contributed by atoms with van der Waals surface area (Å²) in [6, 6.07) is 0. The van der Waals surface area contributed by atoms with Gasteiger partial charge in [-0.2, -0.15) is 0 Å². The smallest absolute Gasteiger partial charge is 0.232 e. The zero-order chi connectivity index (χ0) is 11.3. The third-order valence-corrected chi connectivity index (χ3v) is 6.54. The Labute approximate surface area is 92.7 Å². The Morgan fingerprint density at radius 3 is 2.40 bits per heavy atom. The van der Waals surface area contributed by atoms with Crippen LogP contribution in [0, 0.1) is 5.92 Å². The molecule has 1 saturated heterocycles. The predicted molar refractivity (Wildman–Crippen MR) is 57.1 cm³/mol. The van der Waals surface area contributed by atoms with Crippen molar-refractivity contribution in [2.24, 2.45) is 10.9 Å². The minimum absolute atomic E-state index is 0.0299. The zero-order valence-corrected chi connectivity index (χ0v) is 9.94. The molecular formula is C7H8ClNO4S2. The molecule has 2 aliphatic heterocycles. The van der Waals surface area contributed by atoms with Crippen molar-refractivity contribution in [1.29, 1.82) is 0 Å². The average molecular weight is 270 g/mol. The molecule has 2 aliphatic rings. The lowest BCUT2D eigenvalue weighted by Crippen LogP contribution is -2.16. The largest absolute Gasteiger partial charge is 0.232 e. The molecule has 0 aromatic heterocycles. The number of sulfone groups is 2. The van der Waals surface area contributed by atoms with Gasteiger partial charge in [0.15, 0.2) is 9.84 Å². The van der Waals surface area contributed by atoms with Crippen LogP contribution in [0.2, 0.25) is 0 Å². The highest BCUT2D eigenvalue weighted by atomic mass is 35.5. The number of hydrogen-bond donors (Lipinski definition) is 0. The minimum atomic E-state index is -3.69. The zero-order valence-electron chi connectivity index (χ0n) is 7.55. The molecule has 0 aliphatic carbocycles. The first kappa shape index (κ1) is 11.1. The van der Waals surface area contributed by atoms with Crippen LogP contribution in [0.3, 0.4) is 0 Å². The van der Waals surface area contributed by atoms with Crippen LogP contribution in [0.4, 0.5) is 0 Å². The summed E-state index contributed by atoms with van der Waals surface area (Å²) in [5, 5.41) is 0. The van der Waals surface area contributed by atoms with E-state index in [4.69, 9.17) is 11.6 Å². The Bertz CT molecular complexity index is 558. The summed E-state index contributed by atoms with van der Waals surface area (Å²) < 4.78 is 45.1. The number of rotatable bonds is 1. The van der Waals surface area contributed by atoms with Crippen molar-refractivity contribution in [3.8, 4) is 0 Å². The van der Waals surface area contributed by atoms with Gasteiger partial charge >= 0.3 is 0 Å². The Balaban J connectivity index is 2.31. The van der Waals surface area contributed by atoms with E-state index in [1.807, 2.05) is 0 Å². The third kappa shape index (κ3) is 1.83. The molecule has 0 N–H and O–H groups in total. The van der Waals surface area contributed by atoms with E-state index in [1.54, 1.807) is 0 Å². The van der Waals surface area contributed by atoms with E-state index in [0.29, 0.717) is 6.42 Å². The monoisotopic (exact) mass is 269 g/mol. The number of halogens is 1.